The van der Waals surface area contributed by atoms with Gasteiger partial charge in [0.1, 0.15) is 5.75 Å². The van der Waals surface area contributed by atoms with Gasteiger partial charge < -0.3 is 4.52 Å². The van der Waals surface area contributed by atoms with E-state index < -0.39 is 14.8 Å². The van der Waals surface area contributed by atoms with Crippen molar-refractivity contribution in [3.63, 3.8) is 0 Å². The SMILES string of the molecule is ClP(Cl)Oc1ccccc1P(c1ccccc1)c1ccccc1. The summed E-state index contributed by atoms with van der Waals surface area (Å²) in [7, 11) is -0.729. The van der Waals surface area contributed by atoms with E-state index in [9.17, 15) is 0 Å². The second-order valence-electron chi connectivity index (χ2n) is 4.77. The minimum absolute atomic E-state index is 0.729. The van der Waals surface area contributed by atoms with Crippen LogP contribution in [0.1, 0.15) is 0 Å². The van der Waals surface area contributed by atoms with E-state index in [4.69, 9.17) is 27.0 Å². The summed E-state index contributed by atoms with van der Waals surface area (Å²) in [6.07, 6.45) is 0. The van der Waals surface area contributed by atoms with Gasteiger partial charge in [0.15, 0.2) is 0 Å². The fraction of sp³-hybridized carbons (Fsp3) is 0. The molecule has 1 nitrogen and oxygen atoms in total. The number of benzene rings is 3. The Balaban J connectivity index is 2.14. The first-order valence-corrected chi connectivity index (χ1v) is 11.5. The van der Waals surface area contributed by atoms with Crippen molar-refractivity contribution in [2.45, 2.75) is 0 Å². The van der Waals surface area contributed by atoms with Gasteiger partial charge in [0.25, 0.3) is 6.85 Å². The zero-order valence-corrected chi connectivity index (χ0v) is 15.4. The molecule has 0 atom stereocenters. The van der Waals surface area contributed by atoms with E-state index >= 15 is 0 Å². The maximum Gasteiger partial charge on any atom is 0.284 e. The zero-order valence-electron chi connectivity index (χ0n) is 12.1. The summed E-state index contributed by atoms with van der Waals surface area (Å²) in [5.74, 6) is 0.752. The van der Waals surface area contributed by atoms with Crippen molar-refractivity contribution in [1.29, 1.82) is 0 Å². The molecule has 0 aliphatic rings. The quantitative estimate of drug-likeness (QED) is 0.530. The van der Waals surface area contributed by atoms with Crippen LogP contribution in [0, 0.1) is 0 Å². The highest BCUT2D eigenvalue weighted by atomic mass is 35.9. The van der Waals surface area contributed by atoms with Gasteiger partial charge >= 0.3 is 0 Å². The molecular weight excluding hydrogens is 365 g/mol. The van der Waals surface area contributed by atoms with Gasteiger partial charge in [0.05, 0.1) is 0 Å². The Hall–Kier alpha value is -1.10. The maximum absolute atomic E-state index is 5.90. The molecule has 3 rings (SSSR count). The van der Waals surface area contributed by atoms with Gasteiger partial charge in [-0.3, -0.25) is 0 Å². The predicted octanol–water partition coefficient (Wildman–Crippen LogP) is 5.53. The summed E-state index contributed by atoms with van der Waals surface area (Å²) >= 11 is 11.8. The lowest BCUT2D eigenvalue weighted by Gasteiger charge is -2.22. The van der Waals surface area contributed by atoms with E-state index in [-0.39, 0.29) is 0 Å². The molecule has 3 aromatic carbocycles. The third-order valence-corrected chi connectivity index (χ3v) is 6.53. The van der Waals surface area contributed by atoms with Crippen molar-refractivity contribution in [1.82, 2.24) is 0 Å². The Bertz CT molecular complexity index is 712. The minimum Gasteiger partial charge on any atom is -0.444 e. The Morgan fingerprint density at radius 2 is 1.09 bits per heavy atom. The van der Waals surface area contributed by atoms with Crippen molar-refractivity contribution < 1.29 is 4.52 Å². The van der Waals surface area contributed by atoms with Crippen LogP contribution in [-0.2, 0) is 0 Å². The third-order valence-electron chi connectivity index (χ3n) is 3.30. The molecule has 0 saturated carbocycles. The average Bonchev–Trinajstić information content (AvgIpc) is 2.58. The minimum atomic E-state index is -1.50. The molecule has 0 amide bonds. The smallest absolute Gasteiger partial charge is 0.284 e. The predicted molar refractivity (Wildman–Crippen MR) is 104 cm³/mol. The molecule has 0 bridgehead atoms. The van der Waals surface area contributed by atoms with Crippen molar-refractivity contribution >= 4 is 53.2 Å². The third kappa shape index (κ3) is 4.25. The number of halogens is 2. The highest BCUT2D eigenvalue weighted by Crippen LogP contribution is 2.49. The summed E-state index contributed by atoms with van der Waals surface area (Å²) in [4.78, 5) is 0. The van der Waals surface area contributed by atoms with Gasteiger partial charge in [0, 0.05) is 5.30 Å². The van der Waals surface area contributed by atoms with Gasteiger partial charge in [-0.1, -0.05) is 78.9 Å². The zero-order chi connectivity index (χ0) is 16.1. The summed E-state index contributed by atoms with van der Waals surface area (Å²) in [5.41, 5.74) is 0. The second kappa shape index (κ2) is 8.13. The molecule has 5 heteroatoms. The first-order chi connectivity index (χ1) is 11.3. The molecule has 116 valence electrons. The van der Waals surface area contributed by atoms with Crippen LogP contribution in [-0.4, -0.2) is 0 Å². The van der Waals surface area contributed by atoms with E-state index in [1.54, 1.807) is 0 Å². The lowest BCUT2D eigenvalue weighted by Crippen LogP contribution is -2.21. The normalized spacial score (nSPS) is 11.0. The van der Waals surface area contributed by atoms with Gasteiger partial charge in [-0.05, 0) is 47.1 Å². The van der Waals surface area contributed by atoms with E-state index in [0.29, 0.717) is 0 Å². The number of rotatable bonds is 5. The topological polar surface area (TPSA) is 9.23 Å². The first kappa shape index (κ1) is 16.7. The van der Waals surface area contributed by atoms with Crippen LogP contribution in [0.3, 0.4) is 0 Å². The Kier molecular flexibility index (Phi) is 5.92. The van der Waals surface area contributed by atoms with Crippen molar-refractivity contribution in [2.24, 2.45) is 0 Å². The second-order valence-corrected chi connectivity index (χ2v) is 9.90. The van der Waals surface area contributed by atoms with Crippen LogP contribution in [0.15, 0.2) is 84.9 Å². The molecule has 0 N–H and O–H groups in total. The molecule has 0 fully saturated rings. The summed E-state index contributed by atoms with van der Waals surface area (Å²) in [6.45, 7) is -1.50. The van der Waals surface area contributed by atoms with Gasteiger partial charge in [-0.25, -0.2) is 0 Å². The largest absolute Gasteiger partial charge is 0.444 e. The van der Waals surface area contributed by atoms with E-state index in [0.717, 1.165) is 11.1 Å². The average molecular weight is 379 g/mol. The van der Waals surface area contributed by atoms with Crippen LogP contribution in [0.25, 0.3) is 0 Å². The standard InChI is InChI=1S/C18H14Cl2OP2/c19-23(20)21-17-13-7-8-14-18(17)22(15-9-3-1-4-10-15)16-11-5-2-6-12-16/h1-14H. The van der Waals surface area contributed by atoms with Gasteiger partial charge in [0.2, 0.25) is 0 Å². The fourth-order valence-corrected chi connectivity index (χ4v) is 5.57. The molecule has 3 aromatic rings. The lowest BCUT2D eigenvalue weighted by molar-refractivity contribution is 0.643. The van der Waals surface area contributed by atoms with E-state index in [1.807, 2.05) is 30.3 Å². The molecule has 0 aromatic heterocycles. The number of hydrogen-bond donors (Lipinski definition) is 0. The Morgan fingerprint density at radius 1 is 0.609 bits per heavy atom. The molecular formula is C18H14Cl2OP2. The van der Waals surface area contributed by atoms with Crippen LogP contribution in [0.4, 0.5) is 0 Å². The van der Waals surface area contributed by atoms with Crippen LogP contribution < -0.4 is 20.4 Å². The van der Waals surface area contributed by atoms with E-state index in [1.165, 1.54) is 10.6 Å². The van der Waals surface area contributed by atoms with Crippen molar-refractivity contribution in [3.8, 4) is 5.75 Å². The lowest BCUT2D eigenvalue weighted by atomic mass is 10.3. The molecule has 0 unspecified atom stereocenters. The first-order valence-electron chi connectivity index (χ1n) is 7.04. The van der Waals surface area contributed by atoms with Crippen LogP contribution in [0.5, 0.6) is 5.75 Å². The summed E-state index contributed by atoms with van der Waals surface area (Å²) in [6, 6.07) is 28.9. The monoisotopic (exact) mass is 378 g/mol. The maximum atomic E-state index is 5.90. The van der Waals surface area contributed by atoms with Crippen molar-refractivity contribution in [2.75, 3.05) is 0 Å². The van der Waals surface area contributed by atoms with Crippen molar-refractivity contribution in [3.05, 3.63) is 84.9 Å². The van der Waals surface area contributed by atoms with Gasteiger partial charge in [-0.15, -0.1) is 0 Å². The Labute approximate surface area is 148 Å². The number of hydrogen-bond acceptors (Lipinski definition) is 1. The molecule has 0 saturated heterocycles. The fourth-order valence-electron chi connectivity index (χ4n) is 2.37. The summed E-state index contributed by atoms with van der Waals surface area (Å²) < 4.78 is 5.68. The highest BCUT2D eigenvalue weighted by Gasteiger charge is 2.20. The molecule has 23 heavy (non-hydrogen) atoms. The number of para-hydroxylation sites is 1. The Morgan fingerprint density at radius 3 is 1.61 bits per heavy atom. The van der Waals surface area contributed by atoms with Crippen LogP contribution >= 0.6 is 37.3 Å². The summed E-state index contributed by atoms with van der Waals surface area (Å²) in [5, 5.41) is 3.64. The molecule has 0 radical (unpaired) electrons. The molecule has 0 aliphatic heterocycles. The molecule has 0 aliphatic carbocycles. The molecule has 0 spiro atoms. The molecule has 0 heterocycles. The van der Waals surface area contributed by atoms with Gasteiger partial charge in [-0.2, -0.15) is 0 Å². The highest BCUT2D eigenvalue weighted by molar-refractivity contribution is 8.00. The van der Waals surface area contributed by atoms with E-state index in [2.05, 4.69) is 54.6 Å². The van der Waals surface area contributed by atoms with Crippen LogP contribution in [0.2, 0.25) is 0 Å².